The molecule has 0 bridgehead atoms. The van der Waals surface area contributed by atoms with Crippen LogP contribution in [0.25, 0.3) is 0 Å². The quantitative estimate of drug-likeness (QED) is 0.0261. The van der Waals surface area contributed by atoms with Gasteiger partial charge in [-0.3, -0.25) is 14.4 Å². The highest BCUT2D eigenvalue weighted by Crippen LogP contribution is 2.15. The molecule has 0 saturated carbocycles. The van der Waals surface area contributed by atoms with Gasteiger partial charge >= 0.3 is 17.9 Å². The summed E-state index contributed by atoms with van der Waals surface area (Å²) < 4.78 is 16.8. The molecule has 0 N–H and O–H groups in total. The molecule has 0 saturated heterocycles. The van der Waals surface area contributed by atoms with Gasteiger partial charge in [-0.15, -0.1) is 0 Å². The second-order valence-electron chi connectivity index (χ2n) is 20.9. The number of carbonyl (C=O) groups excluding carboxylic acids is 3. The van der Waals surface area contributed by atoms with E-state index in [9.17, 15) is 14.4 Å². The van der Waals surface area contributed by atoms with E-state index in [1.807, 2.05) is 0 Å². The molecule has 0 aromatic heterocycles. The second kappa shape index (κ2) is 65.8. The fourth-order valence-electron chi connectivity index (χ4n) is 8.51. The number of hydrogen-bond acceptors (Lipinski definition) is 6. The minimum atomic E-state index is -0.807. The molecule has 0 spiro atoms. The van der Waals surface area contributed by atoms with Gasteiger partial charge in [-0.2, -0.15) is 0 Å². The van der Waals surface area contributed by atoms with Gasteiger partial charge in [0.1, 0.15) is 13.2 Å². The summed E-state index contributed by atoms with van der Waals surface area (Å²) in [6.07, 6.45) is 94.5. The smallest absolute Gasteiger partial charge is 0.306 e. The van der Waals surface area contributed by atoms with Crippen molar-refractivity contribution >= 4 is 17.9 Å². The van der Waals surface area contributed by atoms with Gasteiger partial charge < -0.3 is 14.2 Å². The average molecular weight is 1090 g/mol. The molecule has 6 heteroatoms. The molecular formula is C73H118O6. The predicted molar refractivity (Wildman–Crippen MR) is 343 cm³/mol. The predicted octanol–water partition coefficient (Wildman–Crippen LogP) is 22.3. The molecule has 0 amide bonds. The topological polar surface area (TPSA) is 78.9 Å². The Morgan fingerprint density at radius 2 is 0.494 bits per heavy atom. The highest BCUT2D eigenvalue weighted by atomic mass is 16.6. The summed E-state index contributed by atoms with van der Waals surface area (Å²) in [7, 11) is 0. The van der Waals surface area contributed by atoms with Crippen molar-refractivity contribution < 1.29 is 28.6 Å². The molecule has 0 aromatic carbocycles. The third-order valence-electron chi connectivity index (χ3n) is 13.3. The van der Waals surface area contributed by atoms with Crippen molar-refractivity contribution in [2.24, 2.45) is 0 Å². The van der Waals surface area contributed by atoms with E-state index in [0.717, 1.165) is 135 Å². The Morgan fingerprint density at radius 3 is 0.810 bits per heavy atom. The van der Waals surface area contributed by atoms with Crippen LogP contribution >= 0.6 is 0 Å². The van der Waals surface area contributed by atoms with Crippen molar-refractivity contribution in [3.05, 3.63) is 146 Å². The summed E-state index contributed by atoms with van der Waals surface area (Å²) in [6.45, 7) is 6.33. The van der Waals surface area contributed by atoms with Crippen LogP contribution < -0.4 is 0 Å². The lowest BCUT2D eigenvalue weighted by Crippen LogP contribution is -2.30. The lowest BCUT2D eigenvalue weighted by Gasteiger charge is -2.18. The summed E-state index contributed by atoms with van der Waals surface area (Å²) in [4.78, 5) is 38.2. The number of esters is 3. The van der Waals surface area contributed by atoms with Gasteiger partial charge in [0.25, 0.3) is 0 Å². The molecule has 6 nitrogen and oxygen atoms in total. The molecule has 0 aliphatic carbocycles. The molecule has 0 radical (unpaired) electrons. The maximum absolute atomic E-state index is 12.8. The summed E-state index contributed by atoms with van der Waals surface area (Å²) >= 11 is 0. The molecule has 0 aliphatic heterocycles. The van der Waals surface area contributed by atoms with Crippen molar-refractivity contribution in [3.8, 4) is 0 Å². The van der Waals surface area contributed by atoms with E-state index in [0.29, 0.717) is 19.3 Å². The minimum absolute atomic E-state index is 0.101. The van der Waals surface area contributed by atoms with E-state index in [4.69, 9.17) is 14.2 Å². The summed E-state index contributed by atoms with van der Waals surface area (Å²) in [5.74, 6) is -0.955. The van der Waals surface area contributed by atoms with Crippen molar-refractivity contribution in [2.45, 2.75) is 284 Å². The fraction of sp³-hybridized carbons (Fsp3) is 0.630. The maximum atomic E-state index is 12.8. The molecule has 0 heterocycles. The minimum Gasteiger partial charge on any atom is -0.462 e. The van der Waals surface area contributed by atoms with Crippen LogP contribution in [0.15, 0.2) is 146 Å². The van der Waals surface area contributed by atoms with Crippen LogP contribution in [-0.4, -0.2) is 37.2 Å². The number of carbonyl (C=O) groups is 3. The van der Waals surface area contributed by atoms with Crippen LogP contribution in [0.1, 0.15) is 278 Å². The third kappa shape index (κ3) is 64.0. The zero-order valence-corrected chi connectivity index (χ0v) is 51.1. The van der Waals surface area contributed by atoms with Gasteiger partial charge in [-0.1, -0.05) is 269 Å². The summed E-state index contributed by atoms with van der Waals surface area (Å²) in [6, 6.07) is 0. The first-order chi connectivity index (χ1) is 39.0. The first-order valence-electron chi connectivity index (χ1n) is 32.3. The second-order valence-corrected chi connectivity index (χ2v) is 20.9. The van der Waals surface area contributed by atoms with Crippen LogP contribution in [0.5, 0.6) is 0 Å². The largest absolute Gasteiger partial charge is 0.462 e. The number of ether oxygens (including phenoxy) is 3. The Balaban J connectivity index is 4.19. The van der Waals surface area contributed by atoms with Crippen molar-refractivity contribution in [2.75, 3.05) is 13.2 Å². The summed E-state index contributed by atoms with van der Waals surface area (Å²) in [5.41, 5.74) is 0. The van der Waals surface area contributed by atoms with E-state index < -0.39 is 6.10 Å². The molecule has 0 rings (SSSR count). The molecule has 79 heavy (non-hydrogen) atoms. The van der Waals surface area contributed by atoms with Crippen molar-refractivity contribution in [3.63, 3.8) is 0 Å². The lowest BCUT2D eigenvalue weighted by molar-refractivity contribution is -0.167. The van der Waals surface area contributed by atoms with Crippen LogP contribution in [0.4, 0.5) is 0 Å². The van der Waals surface area contributed by atoms with Crippen LogP contribution in [0, 0.1) is 0 Å². The number of hydrogen-bond donors (Lipinski definition) is 0. The first kappa shape index (κ1) is 74.3. The van der Waals surface area contributed by atoms with Gasteiger partial charge in [0, 0.05) is 19.3 Å². The van der Waals surface area contributed by atoms with E-state index in [2.05, 4.69) is 167 Å². The fourth-order valence-corrected chi connectivity index (χ4v) is 8.51. The average Bonchev–Trinajstić information content (AvgIpc) is 3.45. The Labute approximate surface area is 487 Å². The lowest BCUT2D eigenvalue weighted by atomic mass is 10.0. The highest BCUT2D eigenvalue weighted by Gasteiger charge is 2.19. The molecule has 1 unspecified atom stereocenters. The molecular weight excluding hydrogens is 973 g/mol. The van der Waals surface area contributed by atoms with E-state index in [1.165, 1.54) is 96.3 Å². The van der Waals surface area contributed by atoms with E-state index in [1.54, 1.807) is 0 Å². The zero-order chi connectivity index (χ0) is 57.1. The van der Waals surface area contributed by atoms with Gasteiger partial charge in [0.2, 0.25) is 0 Å². The standard InChI is InChI=1S/C73H118O6/c1-4-7-10-13-16-19-22-24-26-27-28-29-30-31-32-33-34-35-36-37-38-39-40-41-42-43-44-45-47-48-51-54-57-60-63-66-72(75)78-69-70(68-77-71(74)65-62-59-56-53-50-21-18-15-12-9-6-3)79-73(76)67-64-61-58-55-52-49-46-25-23-20-17-14-11-8-5-2/h7-8,10-11,15-20,24-26,28-29,31-32,34-35,37-38,46,52,55,70H,4-6,9,12-14,21-23,27,30,33,36,39-45,47-51,53-54,56-69H2,1-3H3/b10-7-,11-8-,18-15-,19-16-,20-17-,26-24-,29-28-,32-31-,35-34-,38-37-,46-25-,55-52-. The SMILES string of the molecule is CC/C=C\C/C=C\C/C=C\C/C=C\C/C=C\C/C=C\C/C=C\CCCCCCCCCCCCCCCC(=O)OCC(COC(=O)CCCCCCC/C=C\CCCC)OC(=O)CCCC/C=C\C/C=C\C/C=C\C/C=C\CC. The van der Waals surface area contributed by atoms with Gasteiger partial charge in [0.15, 0.2) is 6.10 Å². The maximum Gasteiger partial charge on any atom is 0.306 e. The van der Waals surface area contributed by atoms with Gasteiger partial charge in [0.05, 0.1) is 0 Å². The van der Waals surface area contributed by atoms with Gasteiger partial charge in [-0.25, -0.2) is 0 Å². The molecule has 446 valence electrons. The third-order valence-corrected chi connectivity index (χ3v) is 13.3. The monoisotopic (exact) mass is 1090 g/mol. The van der Waals surface area contributed by atoms with Crippen LogP contribution in [0.2, 0.25) is 0 Å². The Bertz CT molecular complexity index is 1730. The highest BCUT2D eigenvalue weighted by molar-refractivity contribution is 5.71. The van der Waals surface area contributed by atoms with Crippen molar-refractivity contribution in [1.82, 2.24) is 0 Å². The zero-order valence-electron chi connectivity index (χ0n) is 51.1. The first-order valence-corrected chi connectivity index (χ1v) is 32.3. The molecule has 0 aliphatic rings. The molecule has 0 aromatic rings. The number of rotatable bonds is 57. The van der Waals surface area contributed by atoms with E-state index in [-0.39, 0.29) is 37.5 Å². The normalized spacial score (nSPS) is 13.1. The van der Waals surface area contributed by atoms with Crippen LogP contribution in [0.3, 0.4) is 0 Å². The Hall–Kier alpha value is -4.71. The number of allylic oxidation sites excluding steroid dienone is 24. The van der Waals surface area contributed by atoms with E-state index >= 15 is 0 Å². The van der Waals surface area contributed by atoms with Crippen molar-refractivity contribution in [1.29, 1.82) is 0 Å². The summed E-state index contributed by atoms with van der Waals surface area (Å²) in [5, 5.41) is 0. The number of unbranched alkanes of at least 4 members (excludes halogenated alkanes) is 22. The van der Waals surface area contributed by atoms with Crippen LogP contribution in [-0.2, 0) is 28.6 Å². The Kier molecular flexibility index (Phi) is 61.9. The van der Waals surface area contributed by atoms with Gasteiger partial charge in [-0.05, 0) is 135 Å². The molecule has 1 atom stereocenters. The molecule has 0 fully saturated rings. The Morgan fingerprint density at radius 1 is 0.266 bits per heavy atom.